The van der Waals surface area contributed by atoms with Crippen LogP contribution in [0.3, 0.4) is 0 Å². The average Bonchev–Trinajstić information content (AvgIpc) is 2.74. The first-order chi connectivity index (χ1) is 13.3. The average molecular weight is 351 g/mol. The minimum atomic E-state index is 0.394. The van der Waals surface area contributed by atoms with E-state index in [9.17, 15) is 0 Å². The van der Waals surface area contributed by atoms with Crippen molar-refractivity contribution in [2.75, 3.05) is 0 Å². The van der Waals surface area contributed by atoms with Crippen molar-refractivity contribution in [2.45, 2.75) is 26.2 Å². The summed E-state index contributed by atoms with van der Waals surface area (Å²) in [6, 6.07) is 30.7. The molecule has 2 unspecified atom stereocenters. The van der Waals surface area contributed by atoms with Gasteiger partial charge in [-0.15, -0.1) is 0 Å². The van der Waals surface area contributed by atoms with E-state index in [2.05, 4.69) is 111 Å². The number of aryl methyl sites for hydroxylation is 1. The summed E-state index contributed by atoms with van der Waals surface area (Å²) in [6.45, 7) is 4.46. The van der Waals surface area contributed by atoms with Crippen LogP contribution in [0.5, 0.6) is 0 Å². The van der Waals surface area contributed by atoms with Crippen LogP contribution in [-0.2, 0) is 0 Å². The van der Waals surface area contributed by atoms with Crippen LogP contribution in [0.15, 0.2) is 97.1 Å². The summed E-state index contributed by atoms with van der Waals surface area (Å²) in [5.74, 6) is 0.883. The van der Waals surface area contributed by atoms with Gasteiger partial charge in [-0.3, -0.25) is 0 Å². The molecule has 0 amide bonds. The monoisotopic (exact) mass is 350 g/mol. The Morgan fingerprint density at radius 1 is 0.704 bits per heavy atom. The lowest BCUT2D eigenvalue weighted by Gasteiger charge is -2.32. The minimum absolute atomic E-state index is 0.394. The van der Waals surface area contributed by atoms with Crippen LogP contribution in [0.25, 0.3) is 11.1 Å². The van der Waals surface area contributed by atoms with Gasteiger partial charge in [0.05, 0.1) is 0 Å². The van der Waals surface area contributed by atoms with Crippen LogP contribution < -0.4 is 0 Å². The van der Waals surface area contributed by atoms with Crippen LogP contribution in [0.1, 0.15) is 41.5 Å². The van der Waals surface area contributed by atoms with Crippen molar-refractivity contribution in [3.8, 4) is 0 Å². The Morgan fingerprint density at radius 2 is 1.30 bits per heavy atom. The van der Waals surface area contributed by atoms with Crippen LogP contribution in [0.2, 0.25) is 0 Å². The number of rotatable bonds is 4. The highest BCUT2D eigenvalue weighted by atomic mass is 14.3. The fourth-order valence-corrected chi connectivity index (χ4v) is 4.15. The molecule has 0 nitrogen and oxygen atoms in total. The third-order valence-electron chi connectivity index (χ3n) is 5.62. The van der Waals surface area contributed by atoms with Crippen molar-refractivity contribution in [1.29, 1.82) is 0 Å². The molecule has 2 atom stereocenters. The normalized spacial score (nSPS) is 19.3. The zero-order chi connectivity index (χ0) is 18.6. The maximum absolute atomic E-state index is 2.47. The molecule has 0 fully saturated rings. The molecule has 0 aromatic heterocycles. The van der Waals surface area contributed by atoms with Gasteiger partial charge in [0, 0.05) is 5.92 Å². The highest BCUT2D eigenvalue weighted by Crippen LogP contribution is 2.45. The molecule has 0 aliphatic heterocycles. The standard InChI is InChI=1S/C27H26/c1-3-25-26(22-12-8-5-9-13-22)18-24(21-10-6-4-7-11-21)19-27(25)23-16-14-20(2)15-17-23/h4-19,25,27H,3H2,1-2H3. The van der Waals surface area contributed by atoms with E-state index in [1.165, 1.54) is 33.4 Å². The summed E-state index contributed by atoms with van der Waals surface area (Å²) >= 11 is 0. The topological polar surface area (TPSA) is 0 Å². The van der Waals surface area contributed by atoms with Gasteiger partial charge in [-0.05, 0) is 47.1 Å². The molecule has 3 aromatic rings. The zero-order valence-electron chi connectivity index (χ0n) is 16.1. The van der Waals surface area contributed by atoms with E-state index in [1.54, 1.807) is 0 Å². The van der Waals surface area contributed by atoms with Crippen LogP contribution >= 0.6 is 0 Å². The molecule has 3 aromatic carbocycles. The van der Waals surface area contributed by atoms with Crippen LogP contribution in [0.4, 0.5) is 0 Å². The molecule has 27 heavy (non-hydrogen) atoms. The van der Waals surface area contributed by atoms with Gasteiger partial charge in [0.15, 0.2) is 0 Å². The van der Waals surface area contributed by atoms with Gasteiger partial charge in [0.25, 0.3) is 0 Å². The molecule has 0 N–H and O–H groups in total. The Bertz CT molecular complexity index is 944. The van der Waals surface area contributed by atoms with E-state index in [4.69, 9.17) is 0 Å². The molecule has 1 aliphatic carbocycles. The lowest BCUT2D eigenvalue weighted by Crippen LogP contribution is -2.16. The lowest BCUT2D eigenvalue weighted by molar-refractivity contribution is 0.577. The first-order valence-corrected chi connectivity index (χ1v) is 9.87. The highest BCUT2D eigenvalue weighted by Gasteiger charge is 2.28. The molecule has 0 bridgehead atoms. The van der Waals surface area contributed by atoms with E-state index in [0.717, 1.165) is 6.42 Å². The van der Waals surface area contributed by atoms with E-state index >= 15 is 0 Å². The number of hydrogen-bond acceptors (Lipinski definition) is 0. The van der Waals surface area contributed by atoms with E-state index in [0.29, 0.717) is 11.8 Å². The van der Waals surface area contributed by atoms with Crippen molar-refractivity contribution in [3.05, 3.63) is 119 Å². The summed E-state index contributed by atoms with van der Waals surface area (Å²) in [5, 5.41) is 0. The second kappa shape index (κ2) is 7.80. The third-order valence-corrected chi connectivity index (χ3v) is 5.62. The predicted molar refractivity (Wildman–Crippen MR) is 117 cm³/mol. The number of hydrogen-bond donors (Lipinski definition) is 0. The summed E-state index contributed by atoms with van der Waals surface area (Å²) in [4.78, 5) is 0. The quantitative estimate of drug-likeness (QED) is 0.463. The first kappa shape index (κ1) is 17.5. The van der Waals surface area contributed by atoms with Crippen LogP contribution in [0, 0.1) is 12.8 Å². The molecule has 4 rings (SSSR count). The molecule has 0 heteroatoms. The molecule has 0 saturated carbocycles. The van der Waals surface area contributed by atoms with Crippen molar-refractivity contribution < 1.29 is 0 Å². The largest absolute Gasteiger partial charge is 0.0685 e. The van der Waals surface area contributed by atoms with Gasteiger partial charge in [0.1, 0.15) is 0 Å². The molecule has 0 spiro atoms. The molecular formula is C27H26. The maximum atomic E-state index is 2.47. The predicted octanol–water partition coefficient (Wildman–Crippen LogP) is 7.29. The Kier molecular flexibility index (Phi) is 5.07. The Hall–Kier alpha value is -2.86. The Labute approximate surface area is 162 Å². The van der Waals surface area contributed by atoms with Gasteiger partial charge in [-0.25, -0.2) is 0 Å². The van der Waals surface area contributed by atoms with Crippen molar-refractivity contribution >= 4 is 11.1 Å². The van der Waals surface area contributed by atoms with Gasteiger partial charge >= 0.3 is 0 Å². The van der Waals surface area contributed by atoms with E-state index < -0.39 is 0 Å². The molecule has 134 valence electrons. The number of benzene rings is 3. The number of allylic oxidation sites excluding steroid dienone is 4. The molecule has 0 radical (unpaired) electrons. The second-order valence-electron chi connectivity index (χ2n) is 7.40. The molecule has 0 saturated heterocycles. The SMILES string of the molecule is CCC1C(c2ccccc2)=CC(c2ccccc2)=CC1c1ccc(C)cc1. The molecular weight excluding hydrogens is 324 g/mol. The smallest absolute Gasteiger partial charge is 0.00960 e. The van der Waals surface area contributed by atoms with Crippen molar-refractivity contribution in [1.82, 2.24) is 0 Å². The maximum Gasteiger partial charge on any atom is 0.00960 e. The van der Waals surface area contributed by atoms with Gasteiger partial charge < -0.3 is 0 Å². The summed E-state index contributed by atoms with van der Waals surface area (Å²) in [6.07, 6.45) is 6.00. The fourth-order valence-electron chi connectivity index (χ4n) is 4.15. The van der Waals surface area contributed by atoms with Gasteiger partial charge in [-0.1, -0.05) is 110 Å². The summed E-state index contributed by atoms with van der Waals surface area (Å²) in [7, 11) is 0. The molecule has 0 heterocycles. The van der Waals surface area contributed by atoms with E-state index in [1.807, 2.05) is 0 Å². The van der Waals surface area contributed by atoms with Gasteiger partial charge in [-0.2, -0.15) is 0 Å². The Balaban J connectivity index is 1.86. The van der Waals surface area contributed by atoms with Crippen LogP contribution in [-0.4, -0.2) is 0 Å². The van der Waals surface area contributed by atoms with Crippen molar-refractivity contribution in [2.24, 2.45) is 5.92 Å². The van der Waals surface area contributed by atoms with E-state index in [-0.39, 0.29) is 0 Å². The lowest BCUT2D eigenvalue weighted by atomic mass is 9.72. The molecule has 1 aliphatic rings. The first-order valence-electron chi connectivity index (χ1n) is 9.87. The van der Waals surface area contributed by atoms with Crippen molar-refractivity contribution in [3.63, 3.8) is 0 Å². The fraction of sp³-hybridized carbons (Fsp3) is 0.185. The summed E-state index contributed by atoms with van der Waals surface area (Å²) < 4.78 is 0. The minimum Gasteiger partial charge on any atom is -0.0685 e. The third kappa shape index (κ3) is 3.66. The zero-order valence-corrected chi connectivity index (χ0v) is 16.1. The summed E-state index contributed by atoms with van der Waals surface area (Å²) in [5.41, 5.74) is 8.12. The Morgan fingerprint density at radius 3 is 1.89 bits per heavy atom. The second-order valence-corrected chi connectivity index (χ2v) is 7.40. The van der Waals surface area contributed by atoms with Gasteiger partial charge in [0.2, 0.25) is 0 Å². The highest BCUT2D eigenvalue weighted by molar-refractivity contribution is 5.88.